The normalized spacial score (nSPS) is 11.5. The van der Waals surface area contributed by atoms with Gasteiger partial charge >= 0.3 is 12.0 Å². The number of esters is 1. The average molecular weight is 354 g/mol. The molecule has 1 atom stereocenters. The Kier molecular flexibility index (Phi) is 7.63. The van der Waals surface area contributed by atoms with E-state index in [2.05, 4.69) is 20.6 Å². The first-order valence-corrected chi connectivity index (χ1v) is 8.61. The van der Waals surface area contributed by atoms with E-state index in [1.54, 1.807) is 0 Å². The van der Waals surface area contributed by atoms with Gasteiger partial charge in [-0.3, -0.25) is 14.9 Å². The zero-order valence-corrected chi connectivity index (χ0v) is 15.2. The number of carbonyl (C=O) groups excluding carboxylic acids is 3. The molecular weight excluding hydrogens is 332 g/mol. The van der Waals surface area contributed by atoms with E-state index in [1.165, 1.54) is 25.7 Å². The van der Waals surface area contributed by atoms with Crippen LogP contribution in [0.4, 0.5) is 4.79 Å². The number of imide groups is 1. The van der Waals surface area contributed by atoms with Crippen LogP contribution in [0, 0.1) is 13.8 Å². The molecule has 1 rings (SSSR count). The van der Waals surface area contributed by atoms with Gasteiger partial charge in [-0.25, -0.2) is 14.8 Å². The quantitative estimate of drug-likeness (QED) is 0.448. The molecule has 0 saturated carbocycles. The van der Waals surface area contributed by atoms with Crippen molar-refractivity contribution in [3.05, 3.63) is 17.0 Å². The van der Waals surface area contributed by atoms with E-state index in [-0.39, 0.29) is 6.42 Å². The van der Waals surface area contributed by atoms with E-state index in [0.717, 1.165) is 17.0 Å². The number of nitrogens with one attached hydrogen (secondary N) is 2. The van der Waals surface area contributed by atoms with E-state index in [1.807, 2.05) is 20.1 Å². The molecule has 0 radical (unpaired) electrons. The Hall–Kier alpha value is -2.16. The van der Waals surface area contributed by atoms with E-state index in [4.69, 9.17) is 4.74 Å². The van der Waals surface area contributed by atoms with Crippen LogP contribution in [0.1, 0.15) is 30.3 Å². The summed E-state index contributed by atoms with van der Waals surface area (Å²) in [5.41, 5.74) is 2.54. The molecule has 0 bridgehead atoms. The SMILES string of the molecule is CNC(=O)NC(=O)C(C)OC(=O)CCc1c(C)nc(SC)nc1C. The van der Waals surface area contributed by atoms with Crippen molar-refractivity contribution in [2.45, 2.75) is 44.9 Å². The number of hydrogen-bond donors (Lipinski definition) is 2. The van der Waals surface area contributed by atoms with Gasteiger partial charge in [-0.05, 0) is 39.0 Å². The topological polar surface area (TPSA) is 110 Å². The van der Waals surface area contributed by atoms with Gasteiger partial charge in [-0.2, -0.15) is 0 Å². The predicted octanol–water partition coefficient (Wildman–Crippen LogP) is 1.14. The summed E-state index contributed by atoms with van der Waals surface area (Å²) in [6.07, 6.45) is 1.37. The summed E-state index contributed by atoms with van der Waals surface area (Å²) in [6.45, 7) is 5.14. The highest BCUT2D eigenvalue weighted by atomic mass is 32.2. The molecule has 1 aromatic heterocycles. The van der Waals surface area contributed by atoms with Crippen LogP contribution in [0.15, 0.2) is 5.16 Å². The lowest BCUT2D eigenvalue weighted by Crippen LogP contribution is -2.43. The third-order valence-electron chi connectivity index (χ3n) is 3.30. The summed E-state index contributed by atoms with van der Waals surface area (Å²) >= 11 is 1.46. The minimum absolute atomic E-state index is 0.0985. The van der Waals surface area contributed by atoms with Gasteiger partial charge < -0.3 is 10.1 Å². The van der Waals surface area contributed by atoms with Gasteiger partial charge in [0.25, 0.3) is 5.91 Å². The van der Waals surface area contributed by atoms with Crippen LogP contribution in [0.2, 0.25) is 0 Å². The summed E-state index contributed by atoms with van der Waals surface area (Å²) in [5, 5.41) is 4.99. The Balaban J connectivity index is 2.58. The van der Waals surface area contributed by atoms with E-state index in [0.29, 0.717) is 11.6 Å². The molecule has 8 nitrogen and oxygen atoms in total. The van der Waals surface area contributed by atoms with E-state index >= 15 is 0 Å². The lowest BCUT2D eigenvalue weighted by molar-refractivity contribution is -0.154. The van der Waals surface area contributed by atoms with E-state index < -0.39 is 24.0 Å². The van der Waals surface area contributed by atoms with Gasteiger partial charge in [0.15, 0.2) is 11.3 Å². The zero-order valence-electron chi connectivity index (χ0n) is 14.4. The lowest BCUT2D eigenvalue weighted by atomic mass is 10.1. The van der Waals surface area contributed by atoms with Gasteiger partial charge in [-0.15, -0.1) is 0 Å². The highest BCUT2D eigenvalue weighted by Crippen LogP contribution is 2.17. The number of rotatable bonds is 6. The maximum atomic E-state index is 11.9. The molecule has 3 amide bonds. The minimum atomic E-state index is -1.05. The van der Waals surface area contributed by atoms with Crippen LogP contribution in [0.5, 0.6) is 0 Å². The van der Waals surface area contributed by atoms with Crippen molar-refractivity contribution in [1.82, 2.24) is 20.6 Å². The summed E-state index contributed by atoms with van der Waals surface area (Å²) in [4.78, 5) is 43.3. The number of thioether (sulfide) groups is 1. The molecule has 1 heterocycles. The molecule has 0 spiro atoms. The molecule has 0 saturated heterocycles. The summed E-state index contributed by atoms with van der Waals surface area (Å²) in [7, 11) is 1.38. The Labute approximate surface area is 145 Å². The van der Waals surface area contributed by atoms with E-state index in [9.17, 15) is 14.4 Å². The third-order valence-corrected chi connectivity index (χ3v) is 3.85. The van der Waals surface area contributed by atoms with Crippen molar-refractivity contribution in [3.8, 4) is 0 Å². The molecule has 1 aromatic rings. The molecule has 9 heteroatoms. The average Bonchev–Trinajstić information content (AvgIpc) is 2.53. The Morgan fingerprint density at radius 3 is 2.29 bits per heavy atom. The number of nitrogens with zero attached hydrogens (tertiary/aromatic N) is 2. The molecule has 1 unspecified atom stereocenters. The van der Waals surface area contributed by atoms with Crippen LogP contribution >= 0.6 is 11.8 Å². The molecule has 132 valence electrons. The van der Waals surface area contributed by atoms with Crippen LogP contribution in [0.3, 0.4) is 0 Å². The largest absolute Gasteiger partial charge is 0.453 e. The van der Waals surface area contributed by atoms with Crippen molar-refractivity contribution in [2.75, 3.05) is 13.3 Å². The summed E-state index contributed by atoms with van der Waals surface area (Å²) < 4.78 is 5.03. The molecule has 0 aliphatic carbocycles. The van der Waals surface area contributed by atoms with Crippen molar-refractivity contribution in [2.24, 2.45) is 0 Å². The second-order valence-corrected chi connectivity index (χ2v) is 5.83. The van der Waals surface area contributed by atoms with Crippen molar-refractivity contribution >= 4 is 29.7 Å². The zero-order chi connectivity index (χ0) is 18.3. The van der Waals surface area contributed by atoms with Crippen LogP contribution in [-0.2, 0) is 20.7 Å². The van der Waals surface area contributed by atoms with Gasteiger partial charge in [0.1, 0.15) is 0 Å². The number of carbonyl (C=O) groups is 3. The fourth-order valence-corrected chi connectivity index (χ4v) is 2.43. The molecule has 24 heavy (non-hydrogen) atoms. The maximum Gasteiger partial charge on any atom is 0.321 e. The number of amides is 3. The first-order chi connectivity index (χ1) is 11.3. The Bertz CT molecular complexity index is 613. The first-order valence-electron chi connectivity index (χ1n) is 7.38. The second kappa shape index (κ2) is 9.21. The third kappa shape index (κ3) is 5.80. The number of hydrogen-bond acceptors (Lipinski definition) is 7. The fraction of sp³-hybridized carbons (Fsp3) is 0.533. The van der Waals surface area contributed by atoms with Crippen LogP contribution in [0.25, 0.3) is 0 Å². The van der Waals surface area contributed by atoms with Gasteiger partial charge in [0, 0.05) is 24.9 Å². The second-order valence-electron chi connectivity index (χ2n) is 5.06. The lowest BCUT2D eigenvalue weighted by Gasteiger charge is -2.13. The molecule has 0 aliphatic rings. The molecular formula is C15H22N4O4S. The fourth-order valence-electron chi connectivity index (χ4n) is 1.97. The minimum Gasteiger partial charge on any atom is -0.453 e. The van der Waals surface area contributed by atoms with Gasteiger partial charge in [0.2, 0.25) is 0 Å². The molecule has 2 N–H and O–H groups in total. The molecule has 0 aromatic carbocycles. The standard InChI is InChI=1S/C15H22N4O4S/c1-8-11(9(2)18-15(17-8)24-5)6-7-12(20)23-10(3)13(21)19-14(22)16-4/h10H,6-7H2,1-5H3,(H2,16,19,21,22). The summed E-state index contributed by atoms with van der Waals surface area (Å²) in [6, 6.07) is -0.653. The summed E-state index contributed by atoms with van der Waals surface area (Å²) in [5.74, 6) is -1.20. The van der Waals surface area contributed by atoms with Gasteiger partial charge in [-0.1, -0.05) is 11.8 Å². The van der Waals surface area contributed by atoms with Gasteiger partial charge in [0.05, 0.1) is 0 Å². The molecule has 0 aliphatic heterocycles. The highest BCUT2D eigenvalue weighted by molar-refractivity contribution is 7.98. The van der Waals surface area contributed by atoms with Crippen molar-refractivity contribution in [1.29, 1.82) is 0 Å². The molecule has 0 fully saturated rings. The number of aromatic nitrogens is 2. The Morgan fingerprint density at radius 1 is 1.21 bits per heavy atom. The first kappa shape index (κ1) is 19.9. The highest BCUT2D eigenvalue weighted by Gasteiger charge is 2.20. The smallest absolute Gasteiger partial charge is 0.321 e. The number of ether oxygens (including phenoxy) is 1. The number of urea groups is 1. The maximum absolute atomic E-state index is 11.9. The predicted molar refractivity (Wildman–Crippen MR) is 89.8 cm³/mol. The number of aryl methyl sites for hydroxylation is 2. The van der Waals surface area contributed by atoms with Crippen LogP contribution < -0.4 is 10.6 Å². The van der Waals surface area contributed by atoms with Crippen molar-refractivity contribution in [3.63, 3.8) is 0 Å². The Morgan fingerprint density at radius 2 is 1.79 bits per heavy atom. The van der Waals surface area contributed by atoms with Crippen LogP contribution in [-0.4, -0.2) is 47.3 Å². The van der Waals surface area contributed by atoms with Crippen molar-refractivity contribution < 1.29 is 19.1 Å². The monoisotopic (exact) mass is 354 g/mol.